The minimum Gasteiger partial charge on any atom is -0.771 e. The van der Waals surface area contributed by atoms with Crippen LogP contribution in [0.3, 0.4) is 0 Å². The standard InChI is InChI=1S/C24H24Cl3N5O5S2/c1-31(13-39(35)36)11-14-12-38-22(20(14)27)24(34)30-21-17(23(33)29-19-3-2-15(25)10-28-19)8-16(26)9-18(21)32-4-6-37-7-5-32/h2-3,8-10,12H,4-7,11,13H2,1H3,(H,30,34)(H,35,36)(H,28,29,33)/p-1. The minimum atomic E-state index is -2.25. The Morgan fingerprint density at radius 1 is 1.15 bits per heavy atom. The van der Waals surface area contributed by atoms with E-state index in [1.54, 1.807) is 35.5 Å². The van der Waals surface area contributed by atoms with Crippen molar-refractivity contribution in [2.75, 3.05) is 54.8 Å². The van der Waals surface area contributed by atoms with Crippen molar-refractivity contribution in [3.05, 3.63) is 66.9 Å². The summed E-state index contributed by atoms with van der Waals surface area (Å²) in [6.07, 6.45) is 1.40. The van der Waals surface area contributed by atoms with Gasteiger partial charge in [-0.15, -0.1) is 11.3 Å². The second-order valence-corrected chi connectivity index (χ2v) is 11.6. The van der Waals surface area contributed by atoms with Gasteiger partial charge in [0.15, 0.2) is 0 Å². The van der Waals surface area contributed by atoms with Crippen LogP contribution in [0.4, 0.5) is 17.2 Å². The predicted molar refractivity (Wildman–Crippen MR) is 154 cm³/mol. The van der Waals surface area contributed by atoms with Gasteiger partial charge in [-0.3, -0.25) is 18.7 Å². The van der Waals surface area contributed by atoms with E-state index in [9.17, 15) is 18.4 Å². The van der Waals surface area contributed by atoms with Crippen LogP contribution in [0.2, 0.25) is 15.1 Å². The lowest BCUT2D eigenvalue weighted by Crippen LogP contribution is -2.37. The van der Waals surface area contributed by atoms with Crippen molar-refractivity contribution in [2.45, 2.75) is 6.54 Å². The number of nitrogens with one attached hydrogen (secondary N) is 2. The van der Waals surface area contributed by atoms with Gasteiger partial charge in [0.2, 0.25) is 0 Å². The van der Waals surface area contributed by atoms with Crippen molar-refractivity contribution >= 4 is 86.2 Å². The molecule has 10 nitrogen and oxygen atoms in total. The molecule has 15 heteroatoms. The highest BCUT2D eigenvalue weighted by Gasteiger charge is 2.26. The number of morpholine rings is 1. The molecule has 39 heavy (non-hydrogen) atoms. The van der Waals surface area contributed by atoms with E-state index in [2.05, 4.69) is 15.6 Å². The zero-order valence-corrected chi connectivity index (χ0v) is 24.4. The largest absolute Gasteiger partial charge is 0.771 e. The lowest BCUT2D eigenvalue weighted by atomic mass is 10.1. The molecule has 1 aliphatic heterocycles. The van der Waals surface area contributed by atoms with Gasteiger partial charge in [0, 0.05) is 30.9 Å². The number of halogens is 3. The number of thiophene rings is 1. The van der Waals surface area contributed by atoms with Gasteiger partial charge in [0.05, 0.1) is 46.1 Å². The van der Waals surface area contributed by atoms with Gasteiger partial charge in [0.1, 0.15) is 10.7 Å². The second-order valence-electron chi connectivity index (χ2n) is 8.57. The molecule has 0 aliphatic carbocycles. The fourth-order valence-electron chi connectivity index (χ4n) is 3.92. The van der Waals surface area contributed by atoms with Crippen LogP contribution in [0, 0.1) is 0 Å². The van der Waals surface area contributed by atoms with Crippen LogP contribution in [0.15, 0.2) is 35.8 Å². The van der Waals surface area contributed by atoms with Crippen LogP contribution in [0.5, 0.6) is 0 Å². The Morgan fingerprint density at radius 2 is 1.90 bits per heavy atom. The first kappa shape index (κ1) is 29.7. The highest BCUT2D eigenvalue weighted by molar-refractivity contribution is 7.79. The molecule has 0 saturated carbocycles. The molecule has 208 valence electrons. The van der Waals surface area contributed by atoms with Gasteiger partial charge in [-0.05, 0) is 53.3 Å². The number of carbonyl (C=O) groups excluding carboxylic acids is 2. The highest BCUT2D eigenvalue weighted by atomic mass is 35.5. The van der Waals surface area contributed by atoms with Crippen LogP contribution >= 0.6 is 46.1 Å². The Labute approximate surface area is 246 Å². The van der Waals surface area contributed by atoms with Crippen LogP contribution in [0.25, 0.3) is 0 Å². The summed E-state index contributed by atoms with van der Waals surface area (Å²) in [5.41, 5.74) is 1.54. The first-order chi connectivity index (χ1) is 18.6. The number of carbonyl (C=O) groups is 2. The molecule has 1 unspecified atom stereocenters. The van der Waals surface area contributed by atoms with E-state index >= 15 is 0 Å². The Kier molecular flexibility index (Phi) is 10.2. The summed E-state index contributed by atoms with van der Waals surface area (Å²) in [6, 6.07) is 6.29. The SMILES string of the molecule is CN(Cc1csc(C(=O)Nc2c(C(=O)Nc3ccc(Cl)cn3)cc(Cl)cc2N2CCOCC2)c1Cl)CS(=O)[O-]. The van der Waals surface area contributed by atoms with Crippen LogP contribution in [0.1, 0.15) is 25.6 Å². The predicted octanol–water partition coefficient (Wildman–Crippen LogP) is 4.71. The molecule has 2 N–H and O–H groups in total. The number of aromatic nitrogens is 1. The molecule has 3 aromatic rings. The molecular formula is C24H23Cl3N5O5S2-. The van der Waals surface area contributed by atoms with Crippen molar-refractivity contribution < 1.29 is 23.1 Å². The number of amides is 2. The number of pyridine rings is 1. The summed E-state index contributed by atoms with van der Waals surface area (Å²) in [5, 5.41) is 8.20. The fourth-order valence-corrected chi connectivity index (χ4v) is 5.93. The molecular weight excluding hydrogens is 609 g/mol. The zero-order valence-electron chi connectivity index (χ0n) is 20.5. The maximum atomic E-state index is 13.5. The summed E-state index contributed by atoms with van der Waals surface area (Å²) in [6.45, 7) is 2.23. The number of rotatable bonds is 9. The van der Waals surface area contributed by atoms with Crippen molar-refractivity contribution in [1.29, 1.82) is 0 Å². The number of nitrogens with zero attached hydrogens (tertiary/aromatic N) is 3. The molecule has 4 rings (SSSR count). The maximum absolute atomic E-state index is 13.5. The molecule has 1 aromatic carbocycles. The molecule has 1 aliphatic rings. The molecule has 1 atom stereocenters. The summed E-state index contributed by atoms with van der Waals surface area (Å²) in [7, 11) is 1.63. The van der Waals surface area contributed by atoms with Crippen molar-refractivity contribution in [3.63, 3.8) is 0 Å². The molecule has 2 amide bonds. The average molecular weight is 632 g/mol. The first-order valence-electron chi connectivity index (χ1n) is 11.5. The number of hydrogen-bond donors (Lipinski definition) is 2. The minimum absolute atomic E-state index is 0.125. The maximum Gasteiger partial charge on any atom is 0.267 e. The Morgan fingerprint density at radius 3 is 2.56 bits per heavy atom. The Balaban J connectivity index is 1.67. The molecule has 0 bridgehead atoms. The molecule has 1 saturated heterocycles. The van der Waals surface area contributed by atoms with E-state index in [0.29, 0.717) is 47.6 Å². The Bertz CT molecular complexity index is 1380. The van der Waals surface area contributed by atoms with Gasteiger partial charge < -0.3 is 24.8 Å². The van der Waals surface area contributed by atoms with Gasteiger partial charge in [0.25, 0.3) is 11.8 Å². The lowest BCUT2D eigenvalue weighted by Gasteiger charge is -2.31. The smallest absolute Gasteiger partial charge is 0.267 e. The second kappa shape index (κ2) is 13.4. The van der Waals surface area contributed by atoms with Crippen molar-refractivity contribution in [3.8, 4) is 0 Å². The molecule has 0 radical (unpaired) electrons. The summed E-state index contributed by atoms with van der Waals surface area (Å²) < 4.78 is 27.5. The monoisotopic (exact) mass is 630 g/mol. The van der Waals surface area contributed by atoms with Crippen molar-refractivity contribution in [2.24, 2.45) is 0 Å². The van der Waals surface area contributed by atoms with Gasteiger partial charge in [-0.2, -0.15) is 0 Å². The normalized spacial score (nSPS) is 14.4. The third kappa shape index (κ3) is 7.68. The highest BCUT2D eigenvalue weighted by Crippen LogP contribution is 2.36. The average Bonchev–Trinajstić information content (AvgIpc) is 3.25. The topological polar surface area (TPSA) is 127 Å². The summed E-state index contributed by atoms with van der Waals surface area (Å²) in [5.74, 6) is -0.977. The summed E-state index contributed by atoms with van der Waals surface area (Å²) >= 11 is 17.7. The first-order valence-corrected chi connectivity index (χ1v) is 14.8. The van der Waals surface area contributed by atoms with Gasteiger partial charge in [-0.25, -0.2) is 4.98 Å². The Hall–Kier alpha value is -2.29. The number of anilines is 3. The number of benzene rings is 1. The van der Waals surface area contributed by atoms with E-state index in [0.717, 1.165) is 11.3 Å². The fraction of sp³-hybridized carbons (Fsp3) is 0.292. The van der Waals surface area contributed by atoms with E-state index < -0.39 is 22.9 Å². The van der Waals surface area contributed by atoms with E-state index in [1.807, 2.05) is 4.90 Å². The molecule has 1 fully saturated rings. The molecule has 0 spiro atoms. The van der Waals surface area contributed by atoms with E-state index in [-0.39, 0.29) is 39.4 Å². The van der Waals surface area contributed by atoms with Crippen LogP contribution in [-0.4, -0.2) is 69.7 Å². The lowest BCUT2D eigenvalue weighted by molar-refractivity contribution is 0.102. The van der Waals surface area contributed by atoms with Gasteiger partial charge in [-0.1, -0.05) is 34.8 Å². The zero-order chi connectivity index (χ0) is 28.1. The number of hydrogen-bond acceptors (Lipinski definition) is 9. The third-order valence-corrected chi connectivity index (χ3v) is 8.32. The van der Waals surface area contributed by atoms with Crippen LogP contribution in [-0.2, 0) is 22.4 Å². The summed E-state index contributed by atoms with van der Waals surface area (Å²) in [4.78, 5) is 34.7. The quantitative estimate of drug-likeness (QED) is 0.325. The van der Waals surface area contributed by atoms with Crippen LogP contribution < -0.4 is 15.5 Å². The van der Waals surface area contributed by atoms with E-state index in [1.165, 1.54) is 12.3 Å². The van der Waals surface area contributed by atoms with Gasteiger partial charge >= 0.3 is 0 Å². The molecule has 3 heterocycles. The van der Waals surface area contributed by atoms with E-state index in [4.69, 9.17) is 39.5 Å². The van der Waals surface area contributed by atoms with Crippen molar-refractivity contribution in [1.82, 2.24) is 9.88 Å². The molecule has 2 aromatic heterocycles. The third-order valence-electron chi connectivity index (χ3n) is 5.66. The number of ether oxygens (including phenoxy) is 1.